The maximum Gasteiger partial charge on any atom is 0.225 e. The molecule has 5 heteroatoms. The third-order valence-corrected chi connectivity index (χ3v) is 4.36. The van der Waals surface area contributed by atoms with E-state index in [0.29, 0.717) is 6.42 Å². The van der Waals surface area contributed by atoms with E-state index in [9.17, 15) is 9.18 Å². The van der Waals surface area contributed by atoms with Gasteiger partial charge < -0.3 is 5.32 Å². The van der Waals surface area contributed by atoms with Crippen molar-refractivity contribution in [2.45, 2.75) is 25.9 Å². The number of thiophene rings is 1. The third kappa shape index (κ3) is 1.99. The van der Waals surface area contributed by atoms with Crippen molar-refractivity contribution in [3.63, 3.8) is 0 Å². The second kappa shape index (κ2) is 4.02. The lowest BCUT2D eigenvalue weighted by Gasteiger charge is -2.09. The zero-order valence-electron chi connectivity index (χ0n) is 9.94. The smallest absolute Gasteiger partial charge is 0.225 e. The minimum atomic E-state index is -0.831. The monoisotopic (exact) mass is 264 g/mol. The van der Waals surface area contributed by atoms with Gasteiger partial charge in [0.2, 0.25) is 5.91 Å². The maximum absolute atomic E-state index is 13.1. The zero-order valence-corrected chi connectivity index (χ0v) is 10.8. The molecule has 3 rings (SSSR count). The van der Waals surface area contributed by atoms with E-state index in [0.717, 1.165) is 15.9 Å². The summed E-state index contributed by atoms with van der Waals surface area (Å²) < 4.78 is 14.0. The Kier molecular flexibility index (Phi) is 2.59. The van der Waals surface area contributed by atoms with Crippen LogP contribution in [0.15, 0.2) is 23.7 Å². The summed E-state index contributed by atoms with van der Waals surface area (Å²) in [4.78, 5) is 16.1. The fourth-order valence-corrected chi connectivity index (χ4v) is 2.89. The van der Waals surface area contributed by atoms with Crippen LogP contribution in [0.2, 0.25) is 0 Å². The van der Waals surface area contributed by atoms with E-state index in [-0.39, 0.29) is 12.3 Å². The Morgan fingerprint density at radius 1 is 1.67 bits per heavy atom. The molecule has 1 N–H and O–H groups in total. The van der Waals surface area contributed by atoms with Crippen LogP contribution in [0.25, 0.3) is 10.2 Å². The topological polar surface area (TPSA) is 42.0 Å². The number of carbonyl (C=O) groups is 1. The molecule has 0 aromatic carbocycles. The normalized spacial score (nSPS) is 26.2. The molecule has 2 aromatic rings. The number of fused-ring (bicyclic) bond motifs is 1. The Morgan fingerprint density at radius 3 is 3.17 bits per heavy atom. The van der Waals surface area contributed by atoms with Gasteiger partial charge in [-0.25, -0.2) is 4.39 Å². The summed E-state index contributed by atoms with van der Waals surface area (Å²) in [5, 5.41) is 4.79. The molecule has 1 saturated carbocycles. The average Bonchev–Trinajstić information content (AvgIpc) is 2.77. The lowest BCUT2D eigenvalue weighted by Crippen LogP contribution is -2.17. The van der Waals surface area contributed by atoms with E-state index in [4.69, 9.17) is 0 Å². The number of nitrogens with one attached hydrogen (secondary N) is 1. The molecule has 1 amide bonds. The van der Waals surface area contributed by atoms with E-state index >= 15 is 0 Å². The van der Waals surface area contributed by atoms with Crippen molar-refractivity contribution in [1.29, 1.82) is 0 Å². The molecular formula is C13H13FN2OS. The van der Waals surface area contributed by atoms with Gasteiger partial charge in [0.15, 0.2) is 0 Å². The van der Waals surface area contributed by atoms with Gasteiger partial charge in [0, 0.05) is 18.0 Å². The Balaban J connectivity index is 1.76. The first kappa shape index (κ1) is 11.6. The standard InChI is InChI=1S/C13H13FN2OS/c1-13(6-10(13)14)7-11(17)16-9-2-4-15-8-3-5-18-12(8)9/h2-5,10H,6-7H2,1H3,(H,15,16,17). The summed E-state index contributed by atoms with van der Waals surface area (Å²) in [5.41, 5.74) is 1.18. The first-order chi connectivity index (χ1) is 8.58. The fourth-order valence-electron chi connectivity index (χ4n) is 2.07. The zero-order chi connectivity index (χ0) is 12.8. The van der Waals surface area contributed by atoms with Gasteiger partial charge in [-0.2, -0.15) is 0 Å². The highest BCUT2D eigenvalue weighted by Crippen LogP contribution is 2.51. The van der Waals surface area contributed by atoms with Gasteiger partial charge in [-0.1, -0.05) is 6.92 Å². The van der Waals surface area contributed by atoms with Gasteiger partial charge >= 0.3 is 0 Å². The van der Waals surface area contributed by atoms with E-state index in [2.05, 4.69) is 10.3 Å². The van der Waals surface area contributed by atoms with Crippen LogP contribution in [0.3, 0.4) is 0 Å². The number of halogens is 1. The summed E-state index contributed by atoms with van der Waals surface area (Å²) >= 11 is 1.54. The van der Waals surface area contributed by atoms with Crippen LogP contribution in [0, 0.1) is 5.41 Å². The summed E-state index contributed by atoms with van der Waals surface area (Å²) in [6.45, 7) is 1.81. The molecule has 3 nitrogen and oxygen atoms in total. The maximum atomic E-state index is 13.1. The molecule has 0 aliphatic heterocycles. The lowest BCUT2D eigenvalue weighted by molar-refractivity contribution is -0.117. The molecule has 2 aromatic heterocycles. The second-order valence-corrected chi connectivity index (χ2v) is 5.96. The average molecular weight is 264 g/mol. The molecule has 0 saturated heterocycles. The molecule has 1 aliphatic carbocycles. The van der Waals surface area contributed by atoms with Crippen molar-refractivity contribution >= 4 is 33.1 Å². The number of rotatable bonds is 3. The number of carbonyl (C=O) groups excluding carboxylic acids is 1. The van der Waals surface area contributed by atoms with Gasteiger partial charge in [0.25, 0.3) is 0 Å². The van der Waals surface area contributed by atoms with Crippen molar-refractivity contribution in [2.24, 2.45) is 5.41 Å². The highest BCUT2D eigenvalue weighted by atomic mass is 32.1. The number of alkyl halides is 1. The highest BCUT2D eigenvalue weighted by Gasteiger charge is 2.52. The molecule has 2 heterocycles. The molecule has 1 fully saturated rings. The number of hydrogen-bond acceptors (Lipinski definition) is 3. The van der Waals surface area contributed by atoms with Gasteiger partial charge in [0.05, 0.1) is 15.9 Å². The fraction of sp³-hybridized carbons (Fsp3) is 0.385. The highest BCUT2D eigenvalue weighted by molar-refractivity contribution is 7.17. The van der Waals surface area contributed by atoms with Crippen molar-refractivity contribution in [2.75, 3.05) is 5.32 Å². The summed E-state index contributed by atoms with van der Waals surface area (Å²) in [6, 6.07) is 3.69. The first-order valence-electron chi connectivity index (χ1n) is 5.85. The van der Waals surface area contributed by atoms with E-state index in [1.807, 2.05) is 18.4 Å². The van der Waals surface area contributed by atoms with E-state index < -0.39 is 11.6 Å². The number of amides is 1. The minimum Gasteiger partial charge on any atom is -0.325 e. The summed E-state index contributed by atoms with van der Waals surface area (Å²) in [5.74, 6) is -0.126. The lowest BCUT2D eigenvalue weighted by atomic mass is 10.1. The molecule has 2 atom stereocenters. The predicted molar refractivity (Wildman–Crippen MR) is 70.5 cm³/mol. The number of aromatic nitrogens is 1. The number of nitrogens with zero attached hydrogens (tertiary/aromatic N) is 1. The minimum absolute atomic E-state index is 0.126. The molecule has 0 radical (unpaired) electrons. The van der Waals surface area contributed by atoms with E-state index in [1.165, 1.54) is 11.3 Å². The van der Waals surface area contributed by atoms with Gasteiger partial charge in [0.1, 0.15) is 6.17 Å². The third-order valence-electron chi connectivity index (χ3n) is 3.42. The molecule has 94 valence electrons. The Bertz CT molecular complexity index is 612. The van der Waals surface area contributed by atoms with Crippen LogP contribution >= 0.6 is 11.3 Å². The SMILES string of the molecule is CC1(CC(=O)Nc2ccnc3ccsc23)CC1F. The van der Waals surface area contributed by atoms with Crippen LogP contribution in [0.4, 0.5) is 10.1 Å². The van der Waals surface area contributed by atoms with Crippen molar-refractivity contribution in [3.05, 3.63) is 23.7 Å². The van der Waals surface area contributed by atoms with Crippen molar-refractivity contribution < 1.29 is 9.18 Å². The van der Waals surface area contributed by atoms with Crippen LogP contribution in [0.5, 0.6) is 0 Å². The van der Waals surface area contributed by atoms with Crippen LogP contribution in [0.1, 0.15) is 19.8 Å². The molecule has 1 aliphatic rings. The van der Waals surface area contributed by atoms with Gasteiger partial charge in [-0.3, -0.25) is 9.78 Å². The number of pyridine rings is 1. The van der Waals surface area contributed by atoms with E-state index in [1.54, 1.807) is 12.3 Å². The summed E-state index contributed by atoms with van der Waals surface area (Å²) in [7, 11) is 0. The second-order valence-electron chi connectivity index (χ2n) is 5.04. The Labute approximate surface area is 108 Å². The van der Waals surface area contributed by atoms with Crippen molar-refractivity contribution in [1.82, 2.24) is 4.98 Å². The van der Waals surface area contributed by atoms with Crippen molar-refractivity contribution in [3.8, 4) is 0 Å². The molecule has 2 unspecified atom stereocenters. The van der Waals surface area contributed by atoms with Crippen LogP contribution in [-0.4, -0.2) is 17.1 Å². The predicted octanol–water partition coefficient (Wildman–Crippen LogP) is 3.37. The van der Waals surface area contributed by atoms with Crippen LogP contribution in [-0.2, 0) is 4.79 Å². The Hall–Kier alpha value is -1.49. The molecule has 0 spiro atoms. The largest absolute Gasteiger partial charge is 0.325 e. The molecule has 0 bridgehead atoms. The Morgan fingerprint density at radius 2 is 2.44 bits per heavy atom. The summed E-state index contributed by atoms with van der Waals surface area (Å²) in [6.07, 6.45) is 1.57. The first-order valence-corrected chi connectivity index (χ1v) is 6.73. The molecule has 18 heavy (non-hydrogen) atoms. The molecular weight excluding hydrogens is 251 g/mol. The number of anilines is 1. The van der Waals surface area contributed by atoms with Gasteiger partial charge in [-0.05, 0) is 23.9 Å². The number of hydrogen-bond donors (Lipinski definition) is 1. The quantitative estimate of drug-likeness (QED) is 0.923. The van der Waals surface area contributed by atoms with Crippen LogP contribution < -0.4 is 5.32 Å². The van der Waals surface area contributed by atoms with Gasteiger partial charge in [-0.15, -0.1) is 11.3 Å².